The van der Waals surface area contributed by atoms with Crippen molar-refractivity contribution in [1.29, 1.82) is 0 Å². The topological polar surface area (TPSA) is 63.0 Å². The second-order valence-corrected chi connectivity index (χ2v) is 8.44. The van der Waals surface area contributed by atoms with E-state index in [1.54, 1.807) is 42.5 Å². The molecule has 0 bridgehead atoms. The molecule has 0 aliphatic rings. The van der Waals surface area contributed by atoms with E-state index in [0.29, 0.717) is 21.1 Å². The Morgan fingerprint density at radius 1 is 1.19 bits per heavy atom. The van der Waals surface area contributed by atoms with Crippen molar-refractivity contribution in [2.24, 2.45) is 4.99 Å². The summed E-state index contributed by atoms with van der Waals surface area (Å²) in [5, 5.41) is 2.95. The van der Waals surface area contributed by atoms with E-state index in [2.05, 4.69) is 15.1 Å². The van der Waals surface area contributed by atoms with Crippen LogP contribution in [-0.4, -0.2) is 20.5 Å². The number of rotatable bonds is 4. The summed E-state index contributed by atoms with van der Waals surface area (Å²) in [6.07, 6.45) is -4.78. The third-order valence-electron chi connectivity index (χ3n) is 4.49. The molecule has 160 valence electrons. The molecule has 2 aromatic carbocycles. The van der Waals surface area contributed by atoms with E-state index in [4.69, 9.17) is 23.2 Å². The van der Waals surface area contributed by atoms with Crippen LogP contribution in [0.1, 0.15) is 23.7 Å². The van der Waals surface area contributed by atoms with Crippen molar-refractivity contribution < 1.29 is 13.2 Å². The Balaban J connectivity index is 1.78. The van der Waals surface area contributed by atoms with E-state index >= 15 is 0 Å². The smallest absolute Gasteiger partial charge is 0.284 e. The molecular weight excluding hydrogens is 472 g/mol. The van der Waals surface area contributed by atoms with Gasteiger partial charge in [-0.1, -0.05) is 52.7 Å². The fourth-order valence-electron chi connectivity index (χ4n) is 3.00. The first-order chi connectivity index (χ1) is 14.6. The molecule has 0 amide bonds. The van der Waals surface area contributed by atoms with Crippen LogP contribution < -0.4 is 5.56 Å². The summed E-state index contributed by atoms with van der Waals surface area (Å²) in [5.41, 5.74) is -1.42. The van der Waals surface area contributed by atoms with Gasteiger partial charge >= 0.3 is 6.18 Å². The minimum Gasteiger partial charge on any atom is -0.284 e. The van der Waals surface area contributed by atoms with Crippen LogP contribution in [0.15, 0.2) is 52.3 Å². The van der Waals surface area contributed by atoms with Gasteiger partial charge in [0.15, 0.2) is 5.69 Å². The van der Waals surface area contributed by atoms with Crippen LogP contribution in [0.5, 0.6) is 0 Å². The van der Waals surface area contributed by atoms with Crippen LogP contribution in [0, 0.1) is 0 Å². The Labute approximate surface area is 187 Å². The van der Waals surface area contributed by atoms with E-state index in [-0.39, 0.29) is 17.4 Å². The molecule has 4 rings (SSSR count). The van der Waals surface area contributed by atoms with Gasteiger partial charge in [-0.15, -0.1) is 0 Å². The number of aliphatic imine (C=N–C) groups is 1. The number of aromatic nitrogens is 3. The third-order valence-corrected chi connectivity index (χ3v) is 6.25. The van der Waals surface area contributed by atoms with Crippen molar-refractivity contribution in [1.82, 2.24) is 14.8 Å². The average molecular weight is 485 g/mol. The molecule has 0 aliphatic heterocycles. The second kappa shape index (κ2) is 8.14. The average Bonchev–Trinajstić information content (AvgIpc) is 3.29. The standard InChI is InChI=1S/C20H13Cl2F3N4OS/c1-10(26-9-11-6-7-12(21)13(22)8-11)16-17(20(23,24)25)28-29(18(16)30)19-27-14-4-2-3-5-15(14)31-19/h2-8,28H,9H2,1H3. The number of para-hydroxylation sites is 1. The van der Waals surface area contributed by atoms with Crippen LogP contribution in [0.25, 0.3) is 15.3 Å². The highest BCUT2D eigenvalue weighted by Gasteiger charge is 2.39. The highest BCUT2D eigenvalue weighted by Crippen LogP contribution is 2.31. The number of alkyl halides is 3. The van der Waals surface area contributed by atoms with E-state index in [1.807, 2.05) is 0 Å². The van der Waals surface area contributed by atoms with Crippen molar-refractivity contribution >= 4 is 50.5 Å². The molecular formula is C20H13Cl2F3N4OS. The second-order valence-electron chi connectivity index (χ2n) is 6.61. The zero-order chi connectivity index (χ0) is 22.3. The van der Waals surface area contributed by atoms with E-state index in [1.165, 1.54) is 6.92 Å². The summed E-state index contributed by atoms with van der Waals surface area (Å²) in [5.74, 6) is 0. The van der Waals surface area contributed by atoms with Gasteiger partial charge in [-0.3, -0.25) is 14.9 Å². The monoisotopic (exact) mass is 484 g/mol. The van der Waals surface area contributed by atoms with E-state index in [0.717, 1.165) is 20.7 Å². The minimum atomic E-state index is -4.78. The van der Waals surface area contributed by atoms with Crippen LogP contribution in [-0.2, 0) is 12.7 Å². The van der Waals surface area contributed by atoms with Gasteiger partial charge in [0.05, 0.1) is 32.4 Å². The van der Waals surface area contributed by atoms with Crippen molar-refractivity contribution in [2.45, 2.75) is 19.6 Å². The van der Waals surface area contributed by atoms with Gasteiger partial charge in [-0.25, -0.2) is 4.98 Å². The largest absolute Gasteiger partial charge is 0.433 e. The Hall–Kier alpha value is -2.62. The number of thiazole rings is 1. The van der Waals surface area contributed by atoms with E-state index in [9.17, 15) is 18.0 Å². The van der Waals surface area contributed by atoms with Crippen molar-refractivity contribution in [3.05, 3.63) is 79.7 Å². The third kappa shape index (κ3) is 4.26. The molecule has 0 spiro atoms. The fourth-order valence-corrected chi connectivity index (χ4v) is 4.24. The molecule has 2 aromatic heterocycles. The molecule has 0 saturated heterocycles. The molecule has 4 aromatic rings. The maximum atomic E-state index is 13.7. The highest BCUT2D eigenvalue weighted by molar-refractivity contribution is 7.20. The molecule has 2 heterocycles. The van der Waals surface area contributed by atoms with Gasteiger partial charge in [0, 0.05) is 5.71 Å². The molecule has 0 unspecified atom stereocenters. The Kier molecular flexibility index (Phi) is 5.67. The minimum absolute atomic E-state index is 0.0335. The molecule has 5 nitrogen and oxygen atoms in total. The van der Waals surface area contributed by atoms with Gasteiger partial charge in [0.25, 0.3) is 5.56 Å². The van der Waals surface area contributed by atoms with Gasteiger partial charge in [0.2, 0.25) is 5.13 Å². The molecule has 1 N–H and O–H groups in total. The predicted octanol–water partition coefficient (Wildman–Crippen LogP) is 6.11. The molecule has 0 radical (unpaired) electrons. The lowest BCUT2D eigenvalue weighted by molar-refractivity contribution is -0.141. The highest BCUT2D eigenvalue weighted by atomic mass is 35.5. The Morgan fingerprint density at radius 2 is 1.94 bits per heavy atom. The maximum Gasteiger partial charge on any atom is 0.433 e. The number of nitrogens with zero attached hydrogens (tertiary/aromatic N) is 3. The molecule has 0 fully saturated rings. The van der Waals surface area contributed by atoms with Gasteiger partial charge in [-0.05, 0) is 36.8 Å². The summed E-state index contributed by atoms with van der Waals surface area (Å²) >= 11 is 13.0. The van der Waals surface area contributed by atoms with Crippen LogP contribution >= 0.6 is 34.5 Å². The lowest BCUT2D eigenvalue weighted by atomic mass is 10.1. The molecule has 31 heavy (non-hydrogen) atoms. The number of nitrogens with one attached hydrogen (secondary N) is 1. The normalized spacial score (nSPS) is 12.6. The number of aromatic amines is 1. The SMILES string of the molecule is CC(=NCc1ccc(Cl)c(Cl)c1)c1c(C(F)(F)F)[nH]n(-c2nc3ccccc3s2)c1=O. The van der Waals surface area contributed by atoms with E-state index < -0.39 is 23.0 Å². The molecule has 0 saturated carbocycles. The van der Waals surface area contributed by atoms with Crippen LogP contribution in [0.2, 0.25) is 10.0 Å². The molecule has 0 aliphatic carbocycles. The number of halogens is 5. The maximum absolute atomic E-state index is 13.7. The van der Waals surface area contributed by atoms with Gasteiger partial charge in [0.1, 0.15) is 0 Å². The Morgan fingerprint density at radius 3 is 2.61 bits per heavy atom. The summed E-state index contributed by atoms with van der Waals surface area (Å²) < 4.78 is 42.6. The summed E-state index contributed by atoms with van der Waals surface area (Å²) in [4.78, 5) is 21.4. The van der Waals surface area contributed by atoms with Crippen molar-refractivity contribution in [3.8, 4) is 5.13 Å². The van der Waals surface area contributed by atoms with Crippen molar-refractivity contribution in [2.75, 3.05) is 0 Å². The molecule has 11 heteroatoms. The first-order valence-electron chi connectivity index (χ1n) is 8.88. The quantitative estimate of drug-likeness (QED) is 0.355. The van der Waals surface area contributed by atoms with Crippen LogP contribution in [0.3, 0.4) is 0 Å². The number of hydrogen-bond acceptors (Lipinski definition) is 4. The van der Waals surface area contributed by atoms with Crippen LogP contribution in [0.4, 0.5) is 13.2 Å². The van der Waals surface area contributed by atoms with Gasteiger partial charge in [-0.2, -0.15) is 17.9 Å². The summed E-state index contributed by atoms with van der Waals surface area (Å²) in [7, 11) is 0. The first kappa shape index (κ1) is 21.6. The number of benzene rings is 2. The Bertz CT molecular complexity index is 1340. The molecule has 0 atom stereocenters. The zero-order valence-corrected chi connectivity index (χ0v) is 18.1. The summed E-state index contributed by atoms with van der Waals surface area (Å²) in [6, 6.07) is 11.8. The first-order valence-corrected chi connectivity index (χ1v) is 10.5. The number of hydrogen-bond donors (Lipinski definition) is 1. The number of H-pyrrole nitrogens is 1. The zero-order valence-electron chi connectivity index (χ0n) is 15.8. The predicted molar refractivity (Wildman–Crippen MR) is 117 cm³/mol. The van der Waals surface area contributed by atoms with Crippen molar-refractivity contribution in [3.63, 3.8) is 0 Å². The lowest BCUT2D eigenvalue weighted by Crippen LogP contribution is -2.20. The fraction of sp³-hybridized carbons (Fsp3) is 0.150. The van der Waals surface area contributed by atoms with Gasteiger partial charge < -0.3 is 0 Å². The number of fused-ring (bicyclic) bond motifs is 1. The lowest BCUT2D eigenvalue weighted by Gasteiger charge is -2.06. The summed E-state index contributed by atoms with van der Waals surface area (Å²) in [6.45, 7) is 1.39.